The van der Waals surface area contributed by atoms with Crippen LogP contribution < -0.4 is 21.5 Å². The fraction of sp³-hybridized carbons (Fsp3) is 0.714. The van der Waals surface area contributed by atoms with E-state index in [0.717, 1.165) is 13.0 Å². The Kier molecular flexibility index (Phi) is 11.8. The highest BCUT2D eigenvalue weighted by Crippen LogP contribution is 2.29. The fourth-order valence-corrected chi connectivity index (χ4v) is 3.71. The summed E-state index contributed by atoms with van der Waals surface area (Å²) in [6, 6.07) is 5.09. The Hall–Kier alpha value is -0.940. The Labute approximate surface area is 169 Å². The van der Waals surface area contributed by atoms with E-state index in [1.165, 1.54) is 70.4 Å². The number of rotatable bonds is 11. The Bertz CT molecular complexity index is 524. The van der Waals surface area contributed by atoms with E-state index in [1.54, 1.807) is 0 Å². The molecule has 1 saturated heterocycles. The van der Waals surface area contributed by atoms with Crippen molar-refractivity contribution in [3.8, 4) is 0 Å². The molecule has 1 fully saturated rings. The maximum atomic E-state index is 10.7. The van der Waals surface area contributed by atoms with Gasteiger partial charge in [-0.15, -0.1) is 0 Å². The number of hydrogen-bond donors (Lipinski definition) is 0. The largest absolute Gasteiger partial charge is 1.00 e. The fourth-order valence-electron chi connectivity index (χ4n) is 3.71. The Balaban J connectivity index is 0.00000338. The summed E-state index contributed by atoms with van der Waals surface area (Å²) >= 11 is 0. The smallest absolute Gasteiger partial charge is 0.302 e. The normalized spacial score (nSPS) is 17.1. The molecule has 0 aromatic carbocycles. The summed E-state index contributed by atoms with van der Waals surface area (Å²) in [5.74, 6) is -0.166. The first-order valence-electron chi connectivity index (χ1n) is 9.99. The number of esters is 1. The first kappa shape index (κ1) is 23.1. The van der Waals surface area contributed by atoms with E-state index in [2.05, 4.69) is 41.0 Å². The molecular formula is C21H35BrN2O2. The molecule has 1 aliphatic rings. The molecule has 0 bridgehead atoms. The van der Waals surface area contributed by atoms with Gasteiger partial charge in [0.05, 0.1) is 6.61 Å². The quantitative estimate of drug-likeness (QED) is 0.301. The van der Waals surface area contributed by atoms with Crippen molar-refractivity contribution in [3.05, 3.63) is 30.1 Å². The number of carbonyl (C=O) groups is 1. The molecule has 1 aliphatic heterocycles. The zero-order valence-corrected chi connectivity index (χ0v) is 18.0. The first-order valence-corrected chi connectivity index (χ1v) is 9.99. The van der Waals surface area contributed by atoms with Crippen LogP contribution in [-0.2, 0) is 16.1 Å². The number of halogens is 1. The summed E-state index contributed by atoms with van der Waals surface area (Å²) in [5.41, 5.74) is 1.47. The third-order valence-corrected chi connectivity index (χ3v) is 5.15. The van der Waals surface area contributed by atoms with Gasteiger partial charge in [-0.1, -0.05) is 25.7 Å². The van der Waals surface area contributed by atoms with E-state index in [4.69, 9.17) is 4.74 Å². The van der Waals surface area contributed by atoms with Crippen molar-refractivity contribution >= 4 is 5.97 Å². The molecule has 0 aliphatic carbocycles. The average molecular weight is 427 g/mol. The van der Waals surface area contributed by atoms with Crippen molar-refractivity contribution in [2.75, 3.05) is 20.2 Å². The molecule has 0 spiro atoms. The second-order valence-corrected chi connectivity index (χ2v) is 7.33. The number of hydrogen-bond acceptors (Lipinski definition) is 3. The maximum absolute atomic E-state index is 10.7. The van der Waals surface area contributed by atoms with Crippen LogP contribution in [0, 0.1) is 0 Å². The number of aryl methyl sites for hydroxylation is 1. The topological polar surface area (TPSA) is 33.4 Å². The lowest BCUT2D eigenvalue weighted by Gasteiger charge is -2.18. The standard InChI is InChI=1S/C21H35N2O2.BrH/c1-19(24)25-17-9-7-5-3-4-6-8-15-23-16-10-12-20(18-23)21-13-11-14-22(21)2;/h10,12,16,18,21H,3-9,11,13-15,17H2,1-2H3;1H/q+1;/p-1/t21-;/m0./s1. The Morgan fingerprint density at radius 3 is 2.54 bits per heavy atom. The third kappa shape index (κ3) is 8.63. The summed E-state index contributed by atoms with van der Waals surface area (Å²) in [6.07, 6.45) is 15.7. The van der Waals surface area contributed by atoms with Gasteiger partial charge >= 0.3 is 5.97 Å². The summed E-state index contributed by atoms with van der Waals surface area (Å²) in [7, 11) is 2.24. The van der Waals surface area contributed by atoms with E-state index in [-0.39, 0.29) is 23.0 Å². The molecule has 0 saturated carbocycles. The van der Waals surface area contributed by atoms with Crippen LogP contribution in [-0.4, -0.2) is 31.1 Å². The zero-order chi connectivity index (χ0) is 17.9. The number of ether oxygens (including phenoxy) is 1. The van der Waals surface area contributed by atoms with Crippen LogP contribution in [0.25, 0.3) is 0 Å². The number of unbranched alkanes of at least 4 members (excludes halogenated alkanes) is 6. The highest BCUT2D eigenvalue weighted by molar-refractivity contribution is 5.65. The van der Waals surface area contributed by atoms with Gasteiger partial charge in [-0.25, -0.2) is 4.57 Å². The van der Waals surface area contributed by atoms with Gasteiger partial charge in [-0.05, 0) is 45.3 Å². The number of pyridine rings is 1. The minimum atomic E-state index is -0.166. The molecular weight excluding hydrogens is 392 g/mol. The molecule has 148 valence electrons. The molecule has 1 atom stereocenters. The van der Waals surface area contributed by atoms with Crippen LogP contribution in [0.1, 0.15) is 76.3 Å². The number of carbonyl (C=O) groups excluding carboxylic acids is 1. The van der Waals surface area contributed by atoms with Gasteiger partial charge in [0, 0.05) is 31.0 Å². The molecule has 0 unspecified atom stereocenters. The van der Waals surface area contributed by atoms with Gasteiger partial charge < -0.3 is 21.7 Å². The molecule has 2 heterocycles. The van der Waals surface area contributed by atoms with Crippen molar-refractivity contribution in [3.63, 3.8) is 0 Å². The third-order valence-electron chi connectivity index (χ3n) is 5.15. The predicted octanol–water partition coefficient (Wildman–Crippen LogP) is 1.04. The highest BCUT2D eigenvalue weighted by Gasteiger charge is 2.24. The molecule has 0 amide bonds. The van der Waals surface area contributed by atoms with Gasteiger partial charge in [0.1, 0.15) is 6.54 Å². The maximum Gasteiger partial charge on any atom is 0.302 e. The van der Waals surface area contributed by atoms with E-state index in [9.17, 15) is 4.79 Å². The lowest BCUT2D eigenvalue weighted by atomic mass is 10.1. The lowest BCUT2D eigenvalue weighted by Crippen LogP contribution is -3.00. The highest BCUT2D eigenvalue weighted by atomic mass is 79.9. The van der Waals surface area contributed by atoms with E-state index in [1.807, 2.05) is 0 Å². The minimum Gasteiger partial charge on any atom is -1.00 e. The summed E-state index contributed by atoms with van der Waals surface area (Å²) in [4.78, 5) is 13.1. The van der Waals surface area contributed by atoms with Crippen LogP contribution in [0.3, 0.4) is 0 Å². The lowest BCUT2D eigenvalue weighted by molar-refractivity contribution is -0.697. The molecule has 5 heteroatoms. The number of nitrogens with zero attached hydrogens (tertiary/aromatic N) is 2. The molecule has 26 heavy (non-hydrogen) atoms. The van der Waals surface area contributed by atoms with Crippen LogP contribution in [0.15, 0.2) is 24.5 Å². The molecule has 0 radical (unpaired) electrons. The van der Waals surface area contributed by atoms with Gasteiger partial charge in [-0.3, -0.25) is 9.69 Å². The van der Waals surface area contributed by atoms with E-state index in [0.29, 0.717) is 12.6 Å². The van der Waals surface area contributed by atoms with Crippen LogP contribution >= 0.6 is 0 Å². The molecule has 1 aromatic rings. The SMILES string of the molecule is CC(=O)OCCCCCCCCC[n+]1cccc([C@@H]2CCCN2C)c1.[Br-]. The van der Waals surface area contributed by atoms with Gasteiger partial charge in [0.15, 0.2) is 12.4 Å². The average Bonchev–Trinajstić information content (AvgIpc) is 3.02. The second-order valence-electron chi connectivity index (χ2n) is 7.33. The molecule has 1 aromatic heterocycles. The van der Waals surface area contributed by atoms with Crippen molar-refractivity contribution < 1.29 is 31.1 Å². The monoisotopic (exact) mass is 426 g/mol. The number of aromatic nitrogens is 1. The summed E-state index contributed by atoms with van der Waals surface area (Å²) in [5, 5.41) is 0. The van der Waals surface area contributed by atoms with Gasteiger partial charge in [0.2, 0.25) is 0 Å². The van der Waals surface area contributed by atoms with E-state index < -0.39 is 0 Å². The van der Waals surface area contributed by atoms with Crippen molar-refractivity contribution in [1.29, 1.82) is 0 Å². The number of likely N-dealkylation sites (tertiary alicyclic amines) is 1. The van der Waals surface area contributed by atoms with Crippen molar-refractivity contribution in [1.82, 2.24) is 4.90 Å². The van der Waals surface area contributed by atoms with Gasteiger partial charge in [-0.2, -0.15) is 0 Å². The minimum absolute atomic E-state index is 0. The molecule has 0 N–H and O–H groups in total. The Morgan fingerprint density at radius 1 is 1.19 bits per heavy atom. The van der Waals surface area contributed by atoms with Crippen molar-refractivity contribution in [2.24, 2.45) is 0 Å². The Morgan fingerprint density at radius 2 is 1.88 bits per heavy atom. The van der Waals surface area contributed by atoms with Crippen LogP contribution in [0.5, 0.6) is 0 Å². The van der Waals surface area contributed by atoms with Crippen molar-refractivity contribution in [2.45, 2.75) is 77.3 Å². The van der Waals surface area contributed by atoms with Gasteiger partial charge in [0.25, 0.3) is 0 Å². The van der Waals surface area contributed by atoms with E-state index >= 15 is 0 Å². The van der Waals surface area contributed by atoms with Crippen LogP contribution in [0.4, 0.5) is 0 Å². The summed E-state index contributed by atoms with van der Waals surface area (Å²) in [6.45, 7) is 4.40. The molecule has 4 nitrogen and oxygen atoms in total. The predicted molar refractivity (Wildman–Crippen MR) is 100 cm³/mol. The first-order chi connectivity index (χ1) is 12.2. The second kappa shape index (κ2) is 13.3. The molecule has 2 rings (SSSR count). The zero-order valence-electron chi connectivity index (χ0n) is 16.5. The van der Waals surface area contributed by atoms with Crippen LogP contribution in [0.2, 0.25) is 0 Å². The summed E-state index contributed by atoms with van der Waals surface area (Å²) < 4.78 is 7.31.